The molecule has 1 aromatic carbocycles. The van der Waals surface area contributed by atoms with Crippen molar-refractivity contribution in [2.24, 2.45) is 5.92 Å². The van der Waals surface area contributed by atoms with Gasteiger partial charge in [-0.2, -0.15) is 0 Å². The van der Waals surface area contributed by atoms with E-state index in [0.29, 0.717) is 12.3 Å². The SMILES string of the molecule is CC(=O)N1CC(C)Oc2ccc(C(O)C3CCCNC3)cc21. The van der Waals surface area contributed by atoms with Gasteiger partial charge in [0, 0.05) is 19.4 Å². The summed E-state index contributed by atoms with van der Waals surface area (Å²) in [6.07, 6.45) is 1.59. The van der Waals surface area contributed by atoms with Crippen LogP contribution < -0.4 is 15.0 Å². The Labute approximate surface area is 131 Å². The summed E-state index contributed by atoms with van der Waals surface area (Å²) in [5, 5.41) is 14.0. The molecule has 1 amide bonds. The summed E-state index contributed by atoms with van der Waals surface area (Å²) in [5.74, 6) is 0.940. The molecule has 120 valence electrons. The maximum atomic E-state index is 11.9. The maximum Gasteiger partial charge on any atom is 0.224 e. The Morgan fingerprint density at radius 1 is 1.50 bits per heavy atom. The fourth-order valence-electron chi connectivity index (χ4n) is 3.36. The largest absolute Gasteiger partial charge is 0.487 e. The second-order valence-electron chi connectivity index (χ2n) is 6.34. The Bertz CT molecular complexity index is 555. The normalized spacial score (nSPS) is 26.0. The lowest BCUT2D eigenvalue weighted by atomic mass is 9.89. The number of ether oxygens (including phenoxy) is 1. The van der Waals surface area contributed by atoms with Crippen LogP contribution in [0.5, 0.6) is 5.75 Å². The van der Waals surface area contributed by atoms with Crippen LogP contribution in [0.4, 0.5) is 5.69 Å². The lowest BCUT2D eigenvalue weighted by Gasteiger charge is -2.34. The molecule has 0 aromatic heterocycles. The van der Waals surface area contributed by atoms with E-state index in [0.717, 1.165) is 37.2 Å². The topological polar surface area (TPSA) is 61.8 Å². The number of nitrogens with zero attached hydrogens (tertiary/aromatic N) is 1. The maximum absolute atomic E-state index is 11.9. The molecule has 2 heterocycles. The van der Waals surface area contributed by atoms with Crippen molar-refractivity contribution in [1.82, 2.24) is 5.32 Å². The highest BCUT2D eigenvalue weighted by atomic mass is 16.5. The molecule has 22 heavy (non-hydrogen) atoms. The van der Waals surface area contributed by atoms with Crippen LogP contribution in [0.3, 0.4) is 0 Å². The average Bonchev–Trinajstić information content (AvgIpc) is 2.53. The monoisotopic (exact) mass is 304 g/mol. The number of carbonyl (C=O) groups excluding carboxylic acids is 1. The number of aliphatic hydroxyl groups excluding tert-OH is 1. The number of carbonyl (C=O) groups is 1. The first kappa shape index (κ1) is 15.3. The van der Waals surface area contributed by atoms with Crippen LogP contribution in [0.25, 0.3) is 0 Å². The molecule has 0 radical (unpaired) electrons. The summed E-state index contributed by atoms with van der Waals surface area (Å²) in [4.78, 5) is 13.6. The van der Waals surface area contributed by atoms with E-state index in [-0.39, 0.29) is 17.9 Å². The number of amides is 1. The van der Waals surface area contributed by atoms with Gasteiger partial charge in [0.15, 0.2) is 0 Å². The Balaban J connectivity index is 1.88. The zero-order valence-corrected chi connectivity index (χ0v) is 13.2. The third-order valence-electron chi connectivity index (χ3n) is 4.54. The molecule has 5 heteroatoms. The van der Waals surface area contributed by atoms with Gasteiger partial charge in [-0.1, -0.05) is 6.07 Å². The molecule has 1 aromatic rings. The van der Waals surface area contributed by atoms with E-state index in [4.69, 9.17) is 4.74 Å². The zero-order valence-electron chi connectivity index (χ0n) is 13.2. The van der Waals surface area contributed by atoms with Crippen molar-refractivity contribution in [2.45, 2.75) is 38.9 Å². The molecule has 2 aliphatic heterocycles. The number of nitrogens with one attached hydrogen (secondary N) is 1. The standard InChI is InChI=1S/C17H24N2O3/c1-11-10-19(12(2)20)15-8-13(5-6-16(15)22-11)17(21)14-4-3-7-18-9-14/h5-6,8,11,14,17-18,21H,3-4,7,9-10H2,1-2H3. The van der Waals surface area contributed by atoms with Gasteiger partial charge in [0.05, 0.1) is 18.3 Å². The highest BCUT2D eigenvalue weighted by Gasteiger charge is 2.28. The number of hydrogen-bond acceptors (Lipinski definition) is 4. The van der Waals surface area contributed by atoms with Gasteiger partial charge in [0.1, 0.15) is 11.9 Å². The number of rotatable bonds is 2. The molecule has 0 saturated carbocycles. The molecule has 3 unspecified atom stereocenters. The van der Waals surface area contributed by atoms with E-state index in [9.17, 15) is 9.90 Å². The van der Waals surface area contributed by atoms with Crippen LogP contribution in [0.1, 0.15) is 38.4 Å². The minimum atomic E-state index is -0.508. The van der Waals surface area contributed by atoms with E-state index in [1.807, 2.05) is 25.1 Å². The van der Waals surface area contributed by atoms with Gasteiger partial charge in [-0.25, -0.2) is 0 Å². The van der Waals surface area contributed by atoms with Crippen LogP contribution >= 0.6 is 0 Å². The van der Waals surface area contributed by atoms with Crippen LogP contribution in [0, 0.1) is 5.92 Å². The van der Waals surface area contributed by atoms with Gasteiger partial charge in [-0.05, 0) is 44.0 Å². The minimum Gasteiger partial charge on any atom is -0.487 e. The first-order chi connectivity index (χ1) is 10.6. The van der Waals surface area contributed by atoms with Crippen molar-refractivity contribution in [3.05, 3.63) is 23.8 Å². The van der Waals surface area contributed by atoms with E-state index >= 15 is 0 Å². The van der Waals surface area contributed by atoms with E-state index in [2.05, 4.69) is 5.32 Å². The molecule has 0 spiro atoms. The van der Waals surface area contributed by atoms with Crippen molar-refractivity contribution in [3.8, 4) is 5.75 Å². The summed E-state index contributed by atoms with van der Waals surface area (Å²) in [7, 11) is 0. The van der Waals surface area contributed by atoms with Crippen molar-refractivity contribution in [1.29, 1.82) is 0 Å². The van der Waals surface area contributed by atoms with Gasteiger partial charge >= 0.3 is 0 Å². The molecule has 1 saturated heterocycles. The van der Waals surface area contributed by atoms with E-state index in [1.54, 1.807) is 11.8 Å². The van der Waals surface area contributed by atoms with Crippen molar-refractivity contribution >= 4 is 11.6 Å². The summed E-state index contributed by atoms with van der Waals surface area (Å²) in [5.41, 5.74) is 1.63. The van der Waals surface area contributed by atoms with Gasteiger partial charge < -0.3 is 20.1 Å². The summed E-state index contributed by atoms with van der Waals surface area (Å²) >= 11 is 0. The van der Waals surface area contributed by atoms with Gasteiger partial charge in [0.2, 0.25) is 5.91 Å². The second kappa shape index (κ2) is 6.26. The molecular weight excluding hydrogens is 280 g/mol. The highest BCUT2D eigenvalue weighted by Crippen LogP contribution is 2.37. The van der Waals surface area contributed by atoms with Crippen molar-refractivity contribution in [3.63, 3.8) is 0 Å². The van der Waals surface area contributed by atoms with Gasteiger partial charge in [-0.3, -0.25) is 4.79 Å². The molecular formula is C17H24N2O3. The van der Waals surface area contributed by atoms with E-state index < -0.39 is 6.10 Å². The smallest absolute Gasteiger partial charge is 0.224 e. The molecule has 2 aliphatic rings. The second-order valence-corrected chi connectivity index (χ2v) is 6.34. The Morgan fingerprint density at radius 3 is 3.00 bits per heavy atom. The average molecular weight is 304 g/mol. The molecule has 0 aliphatic carbocycles. The fraction of sp³-hybridized carbons (Fsp3) is 0.588. The number of benzene rings is 1. The number of piperidine rings is 1. The van der Waals surface area contributed by atoms with E-state index in [1.165, 1.54) is 0 Å². The van der Waals surface area contributed by atoms with Crippen LogP contribution in [-0.4, -0.2) is 36.8 Å². The predicted molar refractivity (Wildman–Crippen MR) is 85.1 cm³/mol. The highest BCUT2D eigenvalue weighted by molar-refractivity contribution is 5.93. The van der Waals surface area contributed by atoms with Crippen LogP contribution in [0.2, 0.25) is 0 Å². The minimum absolute atomic E-state index is 0.00220. The quantitative estimate of drug-likeness (QED) is 0.875. The van der Waals surface area contributed by atoms with Gasteiger partial charge in [-0.15, -0.1) is 0 Å². The van der Waals surface area contributed by atoms with Crippen LogP contribution in [0.15, 0.2) is 18.2 Å². The zero-order chi connectivity index (χ0) is 15.7. The fourth-order valence-corrected chi connectivity index (χ4v) is 3.36. The third kappa shape index (κ3) is 2.96. The molecule has 0 bridgehead atoms. The van der Waals surface area contributed by atoms with Crippen molar-refractivity contribution in [2.75, 3.05) is 24.5 Å². The Morgan fingerprint density at radius 2 is 2.32 bits per heavy atom. The third-order valence-corrected chi connectivity index (χ3v) is 4.54. The predicted octanol–water partition coefficient (Wildman–Crippen LogP) is 1.85. The summed E-state index contributed by atoms with van der Waals surface area (Å²) in [6, 6.07) is 5.69. The summed E-state index contributed by atoms with van der Waals surface area (Å²) in [6.45, 7) is 5.93. The molecule has 3 atom stereocenters. The van der Waals surface area contributed by atoms with Gasteiger partial charge in [0.25, 0.3) is 0 Å². The first-order valence-corrected chi connectivity index (χ1v) is 8.03. The lowest BCUT2D eigenvalue weighted by molar-refractivity contribution is -0.117. The number of anilines is 1. The molecule has 3 rings (SSSR count). The Kier molecular flexibility index (Phi) is 4.36. The molecule has 5 nitrogen and oxygen atoms in total. The lowest BCUT2D eigenvalue weighted by Crippen LogP contribution is -2.41. The van der Waals surface area contributed by atoms with Crippen molar-refractivity contribution < 1.29 is 14.6 Å². The first-order valence-electron chi connectivity index (χ1n) is 8.03. The van der Waals surface area contributed by atoms with Crippen LogP contribution in [-0.2, 0) is 4.79 Å². The Hall–Kier alpha value is -1.59. The molecule has 1 fully saturated rings. The summed E-state index contributed by atoms with van der Waals surface area (Å²) < 4.78 is 5.80. The number of hydrogen-bond donors (Lipinski definition) is 2. The number of fused-ring (bicyclic) bond motifs is 1. The number of aliphatic hydroxyl groups is 1. The molecule has 2 N–H and O–H groups in total.